The molecule has 0 spiro atoms. The lowest BCUT2D eigenvalue weighted by Gasteiger charge is -2.06. The molecule has 0 fully saturated rings. The number of ether oxygens (including phenoxy) is 2. The highest BCUT2D eigenvalue weighted by atomic mass is 16.5. The summed E-state index contributed by atoms with van der Waals surface area (Å²) in [6, 6.07) is 6.37. The van der Waals surface area contributed by atoms with Gasteiger partial charge in [0.15, 0.2) is 0 Å². The van der Waals surface area contributed by atoms with Crippen LogP contribution in [0.2, 0.25) is 0 Å². The Bertz CT molecular complexity index is 437. The maximum atomic E-state index is 11.8. The zero-order chi connectivity index (χ0) is 15.5. The molecule has 0 unspecified atom stereocenters. The highest BCUT2D eigenvalue weighted by Gasteiger charge is 2.07. The number of rotatable bonds is 9. The molecule has 1 aromatic carbocycles. The number of hydrogen-bond acceptors (Lipinski definition) is 4. The van der Waals surface area contributed by atoms with E-state index in [4.69, 9.17) is 9.47 Å². The molecule has 0 aliphatic carbocycles. The second-order valence-corrected chi connectivity index (χ2v) is 5.02. The molecule has 0 saturated heterocycles. The summed E-state index contributed by atoms with van der Waals surface area (Å²) in [4.78, 5) is 22.6. The topological polar surface area (TPSA) is 52.6 Å². The average molecular weight is 292 g/mol. The second-order valence-electron chi connectivity index (χ2n) is 5.02. The molecule has 0 heterocycles. The summed E-state index contributed by atoms with van der Waals surface area (Å²) in [6.45, 7) is 3.98. The Balaban J connectivity index is 2.24. The summed E-state index contributed by atoms with van der Waals surface area (Å²) in [7, 11) is 0. The van der Waals surface area contributed by atoms with Crippen LogP contribution in [0.4, 0.5) is 0 Å². The van der Waals surface area contributed by atoms with Crippen LogP contribution in [0, 0.1) is 0 Å². The fourth-order valence-electron chi connectivity index (χ4n) is 1.96. The van der Waals surface area contributed by atoms with Gasteiger partial charge in [0.05, 0.1) is 12.2 Å². The van der Waals surface area contributed by atoms with Gasteiger partial charge in [-0.05, 0) is 30.7 Å². The Morgan fingerprint density at radius 1 is 0.952 bits per heavy atom. The first-order valence-electron chi connectivity index (χ1n) is 7.59. The quantitative estimate of drug-likeness (QED) is 0.390. The van der Waals surface area contributed by atoms with Gasteiger partial charge >= 0.3 is 11.9 Å². The van der Waals surface area contributed by atoms with Gasteiger partial charge in [0.2, 0.25) is 0 Å². The van der Waals surface area contributed by atoms with E-state index in [2.05, 4.69) is 6.92 Å². The first kappa shape index (κ1) is 17.2. The van der Waals surface area contributed by atoms with Crippen molar-refractivity contribution in [3.8, 4) is 5.75 Å². The number of carbonyl (C=O) groups is 2. The Labute approximate surface area is 126 Å². The minimum atomic E-state index is -0.381. The molecule has 21 heavy (non-hydrogen) atoms. The molecule has 0 radical (unpaired) electrons. The van der Waals surface area contributed by atoms with Crippen LogP contribution in [0.15, 0.2) is 24.3 Å². The number of esters is 2. The Morgan fingerprint density at radius 3 is 2.19 bits per heavy atom. The predicted octanol–water partition coefficient (Wildman–Crippen LogP) is 4.13. The molecule has 0 atom stereocenters. The van der Waals surface area contributed by atoms with Crippen LogP contribution in [0.5, 0.6) is 5.75 Å². The molecular weight excluding hydrogens is 268 g/mol. The largest absolute Gasteiger partial charge is 0.462 e. The standard InChI is InChI=1S/C17H24O4/c1-3-4-5-6-7-8-13-20-17(19)15-9-11-16(12-10-15)21-14(2)18/h9-12H,3-8,13H2,1-2H3. The van der Waals surface area contributed by atoms with Crippen molar-refractivity contribution in [3.05, 3.63) is 29.8 Å². The lowest BCUT2D eigenvalue weighted by molar-refractivity contribution is -0.131. The van der Waals surface area contributed by atoms with E-state index in [0.717, 1.165) is 12.8 Å². The Kier molecular flexibility index (Phi) is 8.17. The molecule has 116 valence electrons. The van der Waals surface area contributed by atoms with Gasteiger partial charge in [-0.15, -0.1) is 0 Å². The maximum absolute atomic E-state index is 11.8. The molecule has 0 aliphatic rings. The smallest absolute Gasteiger partial charge is 0.338 e. The van der Waals surface area contributed by atoms with Crippen molar-refractivity contribution in [2.45, 2.75) is 52.4 Å². The van der Waals surface area contributed by atoms with Gasteiger partial charge in [0.1, 0.15) is 5.75 Å². The zero-order valence-electron chi connectivity index (χ0n) is 12.9. The Morgan fingerprint density at radius 2 is 1.57 bits per heavy atom. The normalized spacial score (nSPS) is 10.2. The lowest BCUT2D eigenvalue weighted by atomic mass is 10.1. The van der Waals surface area contributed by atoms with Crippen LogP contribution in [0.1, 0.15) is 62.7 Å². The van der Waals surface area contributed by atoms with Crippen molar-refractivity contribution in [3.63, 3.8) is 0 Å². The van der Waals surface area contributed by atoms with Crippen molar-refractivity contribution in [2.24, 2.45) is 0 Å². The second kappa shape index (κ2) is 9.97. The minimum Gasteiger partial charge on any atom is -0.462 e. The van der Waals surface area contributed by atoms with Crippen molar-refractivity contribution in [2.75, 3.05) is 6.61 Å². The number of hydrogen-bond donors (Lipinski definition) is 0. The fraction of sp³-hybridized carbons (Fsp3) is 0.529. The molecule has 0 N–H and O–H groups in total. The van der Waals surface area contributed by atoms with E-state index in [1.54, 1.807) is 24.3 Å². The van der Waals surface area contributed by atoms with Gasteiger partial charge in [-0.2, -0.15) is 0 Å². The zero-order valence-corrected chi connectivity index (χ0v) is 12.9. The minimum absolute atomic E-state index is 0.335. The molecule has 0 aromatic heterocycles. The molecule has 0 amide bonds. The monoisotopic (exact) mass is 292 g/mol. The Hall–Kier alpha value is -1.84. The first-order valence-corrected chi connectivity index (χ1v) is 7.59. The summed E-state index contributed by atoms with van der Waals surface area (Å²) in [6.07, 6.45) is 6.96. The van der Waals surface area contributed by atoms with E-state index in [1.165, 1.54) is 32.6 Å². The van der Waals surface area contributed by atoms with Gasteiger partial charge in [-0.1, -0.05) is 39.0 Å². The van der Waals surface area contributed by atoms with E-state index in [1.807, 2.05) is 0 Å². The van der Waals surface area contributed by atoms with Crippen LogP contribution in [0.25, 0.3) is 0 Å². The number of unbranched alkanes of at least 4 members (excludes halogenated alkanes) is 5. The van der Waals surface area contributed by atoms with Crippen LogP contribution >= 0.6 is 0 Å². The number of benzene rings is 1. The molecule has 4 heteroatoms. The lowest BCUT2D eigenvalue weighted by Crippen LogP contribution is -2.07. The summed E-state index contributed by atoms with van der Waals surface area (Å²) in [5, 5.41) is 0. The van der Waals surface area contributed by atoms with Crippen molar-refractivity contribution >= 4 is 11.9 Å². The third kappa shape index (κ3) is 7.49. The average Bonchev–Trinajstić information content (AvgIpc) is 2.46. The first-order chi connectivity index (χ1) is 10.1. The van der Waals surface area contributed by atoms with Gasteiger partial charge < -0.3 is 9.47 Å². The summed E-state index contributed by atoms with van der Waals surface area (Å²) < 4.78 is 10.1. The molecule has 0 saturated carbocycles. The van der Waals surface area contributed by atoms with Crippen molar-refractivity contribution < 1.29 is 19.1 Å². The van der Waals surface area contributed by atoms with Crippen LogP contribution in [-0.4, -0.2) is 18.5 Å². The molecule has 0 aliphatic heterocycles. The van der Waals surface area contributed by atoms with E-state index in [-0.39, 0.29) is 11.9 Å². The van der Waals surface area contributed by atoms with Crippen LogP contribution < -0.4 is 4.74 Å². The van der Waals surface area contributed by atoms with Crippen molar-refractivity contribution in [1.29, 1.82) is 0 Å². The van der Waals surface area contributed by atoms with E-state index in [9.17, 15) is 9.59 Å². The molecular formula is C17H24O4. The van der Waals surface area contributed by atoms with Gasteiger partial charge in [0, 0.05) is 6.92 Å². The third-order valence-electron chi connectivity index (χ3n) is 3.08. The molecule has 4 nitrogen and oxygen atoms in total. The molecule has 1 rings (SSSR count). The molecule has 0 bridgehead atoms. The maximum Gasteiger partial charge on any atom is 0.338 e. The fourth-order valence-corrected chi connectivity index (χ4v) is 1.96. The highest BCUT2D eigenvalue weighted by molar-refractivity contribution is 5.89. The SMILES string of the molecule is CCCCCCCCOC(=O)c1ccc(OC(C)=O)cc1. The van der Waals surface area contributed by atoms with Gasteiger partial charge in [0.25, 0.3) is 0 Å². The van der Waals surface area contributed by atoms with E-state index < -0.39 is 0 Å². The van der Waals surface area contributed by atoms with Gasteiger partial charge in [-0.3, -0.25) is 4.79 Å². The van der Waals surface area contributed by atoms with Gasteiger partial charge in [-0.25, -0.2) is 4.79 Å². The van der Waals surface area contributed by atoms with Crippen LogP contribution in [0.3, 0.4) is 0 Å². The number of carbonyl (C=O) groups excluding carboxylic acids is 2. The third-order valence-corrected chi connectivity index (χ3v) is 3.08. The van der Waals surface area contributed by atoms with E-state index >= 15 is 0 Å². The summed E-state index contributed by atoms with van der Waals surface area (Å²) in [5.41, 5.74) is 0.469. The highest BCUT2D eigenvalue weighted by Crippen LogP contribution is 2.13. The predicted molar refractivity (Wildman–Crippen MR) is 81.4 cm³/mol. The molecule has 1 aromatic rings. The van der Waals surface area contributed by atoms with Crippen LogP contribution in [-0.2, 0) is 9.53 Å². The summed E-state index contributed by atoms with van der Waals surface area (Å²) in [5.74, 6) is -0.290. The van der Waals surface area contributed by atoms with E-state index in [0.29, 0.717) is 17.9 Å². The van der Waals surface area contributed by atoms with Crippen molar-refractivity contribution in [1.82, 2.24) is 0 Å². The summed E-state index contributed by atoms with van der Waals surface area (Å²) >= 11 is 0.